The van der Waals surface area contributed by atoms with Gasteiger partial charge in [0, 0.05) is 18.8 Å². The zero-order valence-corrected chi connectivity index (χ0v) is 36.2. The summed E-state index contributed by atoms with van der Waals surface area (Å²) in [6.45, 7) is 3.54. The van der Waals surface area contributed by atoms with Gasteiger partial charge in [-0.2, -0.15) is 0 Å². The molecule has 13 heteroatoms. The van der Waals surface area contributed by atoms with Crippen LogP contribution in [0.5, 0.6) is 0 Å². The summed E-state index contributed by atoms with van der Waals surface area (Å²) in [7, 11) is 0.952. The first-order valence-electron chi connectivity index (χ1n) is 20.9. The van der Waals surface area contributed by atoms with Gasteiger partial charge in [-0.25, -0.2) is 0 Å². The van der Waals surface area contributed by atoms with E-state index >= 15 is 0 Å². The van der Waals surface area contributed by atoms with Crippen molar-refractivity contribution >= 4 is 19.8 Å². The van der Waals surface area contributed by atoms with Gasteiger partial charge in [0.1, 0.15) is 19.8 Å². The topological polar surface area (TPSA) is 172 Å². The fourth-order valence-electron chi connectivity index (χ4n) is 5.97. The molecule has 1 saturated carbocycles. The monoisotopic (exact) mass is 823 g/mol. The molecule has 0 aromatic carbocycles. The number of carbonyl (C=O) groups excluding carboxylic acids is 2. The van der Waals surface area contributed by atoms with Gasteiger partial charge in [0.2, 0.25) is 0 Å². The van der Waals surface area contributed by atoms with Crippen LogP contribution in [0.3, 0.4) is 0 Å². The summed E-state index contributed by atoms with van der Waals surface area (Å²) in [5, 5.41) is 31.3. The van der Waals surface area contributed by atoms with Gasteiger partial charge in [0.05, 0.1) is 52.5 Å². The van der Waals surface area contributed by atoms with Crippen LogP contribution in [0.25, 0.3) is 0 Å². The molecule has 12 nitrogen and oxygen atoms in total. The summed E-state index contributed by atoms with van der Waals surface area (Å²) >= 11 is 0. The van der Waals surface area contributed by atoms with Gasteiger partial charge in [0.25, 0.3) is 7.82 Å². The highest BCUT2D eigenvalue weighted by Crippen LogP contribution is 2.38. The standard InChI is InChI=1S/C44H74NO11P/c1-6-8-10-11-12-13-14-15-16-17-18-19-20-21-23-29-44(50)56-38(36-55-57(51,52)54-33-32-45(3,4)5)35-53-43(49)28-25-24-27-39-40(42(48)34-41(39)47)31-30-37(46)26-22-9-7-2/h8,10,12-13,15-16,18-19,24-25,30-31,37-42,46-48H,6-7,9,11,14,17,20-23,26-29,32-36H2,1-5H3/b10-8-,13-12-,16-15-,19-18-,25-24-,31-30+/t37-,38-,39+,40-,41+,42-/m1/s1. The zero-order chi connectivity index (χ0) is 42.4. The van der Waals surface area contributed by atoms with Crippen molar-refractivity contribution in [3.05, 3.63) is 72.9 Å². The molecule has 0 aromatic heterocycles. The molecule has 57 heavy (non-hydrogen) atoms. The number of aliphatic hydroxyl groups is 3. The fourth-order valence-corrected chi connectivity index (χ4v) is 6.70. The highest BCUT2D eigenvalue weighted by Gasteiger charge is 2.39. The van der Waals surface area contributed by atoms with Gasteiger partial charge in [-0.05, 0) is 63.7 Å². The van der Waals surface area contributed by atoms with Crippen molar-refractivity contribution in [1.29, 1.82) is 0 Å². The van der Waals surface area contributed by atoms with E-state index in [0.717, 1.165) is 57.8 Å². The van der Waals surface area contributed by atoms with Gasteiger partial charge in [0.15, 0.2) is 6.10 Å². The number of aliphatic hydroxyl groups excluding tert-OH is 3. The van der Waals surface area contributed by atoms with Crippen molar-refractivity contribution < 1.29 is 57.4 Å². The van der Waals surface area contributed by atoms with Gasteiger partial charge in [-0.15, -0.1) is 0 Å². The number of esters is 2. The minimum Gasteiger partial charge on any atom is -0.756 e. The fraction of sp³-hybridized carbons (Fsp3) is 0.682. The van der Waals surface area contributed by atoms with Gasteiger partial charge in [-0.3, -0.25) is 14.2 Å². The van der Waals surface area contributed by atoms with Crippen LogP contribution in [0.15, 0.2) is 72.9 Å². The number of hydrogen-bond donors (Lipinski definition) is 3. The minimum absolute atomic E-state index is 0.0930. The van der Waals surface area contributed by atoms with Crippen LogP contribution in [0.1, 0.15) is 110 Å². The average Bonchev–Trinajstić information content (AvgIpc) is 3.42. The molecule has 3 N–H and O–H groups in total. The SMILES string of the molecule is CC/C=C\C/C=C\C/C=C\C/C=C\CCCCC(=O)O[C@H](COC(=O)C/C=C\C[C@H]1[C@@H](/C=C/[C@H](O)CCCCC)[C@H](O)C[C@@H]1O)COP(=O)([O-])OCC[N+](C)(C)C. The summed E-state index contributed by atoms with van der Waals surface area (Å²) in [4.78, 5) is 37.7. The van der Waals surface area contributed by atoms with E-state index in [4.69, 9.17) is 18.5 Å². The number of quaternary nitrogens is 1. The molecule has 326 valence electrons. The molecule has 1 unspecified atom stereocenters. The number of unbranched alkanes of at least 4 members (excludes halogenated alkanes) is 4. The van der Waals surface area contributed by atoms with Gasteiger partial charge in [-0.1, -0.05) is 106 Å². The Labute approximate surface area is 343 Å². The number of phosphoric ester groups is 1. The van der Waals surface area contributed by atoms with Crippen molar-refractivity contribution in [2.75, 3.05) is 47.5 Å². The molecule has 0 bridgehead atoms. The summed E-state index contributed by atoms with van der Waals surface area (Å²) in [5.41, 5.74) is 0. The van der Waals surface area contributed by atoms with E-state index in [-0.39, 0.29) is 37.7 Å². The Morgan fingerprint density at radius 1 is 0.825 bits per heavy atom. The Balaban J connectivity index is 2.62. The summed E-state index contributed by atoms with van der Waals surface area (Å²) in [6, 6.07) is 0. The molecule has 0 radical (unpaired) electrons. The predicted octanol–water partition coefficient (Wildman–Crippen LogP) is 7.21. The molecule has 1 aliphatic rings. The van der Waals surface area contributed by atoms with E-state index in [1.54, 1.807) is 24.3 Å². The Morgan fingerprint density at radius 2 is 1.49 bits per heavy atom. The molecule has 0 heterocycles. The maximum absolute atomic E-state index is 12.7. The van der Waals surface area contributed by atoms with Crippen molar-refractivity contribution in [2.24, 2.45) is 11.8 Å². The number of phosphoric acid groups is 1. The molecule has 1 rings (SSSR count). The second-order valence-corrected chi connectivity index (χ2v) is 17.0. The van der Waals surface area contributed by atoms with Crippen molar-refractivity contribution in [3.8, 4) is 0 Å². The average molecular weight is 824 g/mol. The molecule has 0 spiro atoms. The Hall–Kier alpha value is -2.67. The number of hydrogen-bond acceptors (Lipinski definition) is 11. The molecular weight excluding hydrogens is 749 g/mol. The van der Waals surface area contributed by atoms with E-state index in [1.165, 1.54) is 0 Å². The Morgan fingerprint density at radius 3 is 2.14 bits per heavy atom. The number of allylic oxidation sites excluding steroid dienone is 9. The lowest BCUT2D eigenvalue weighted by Crippen LogP contribution is -2.37. The number of carbonyl (C=O) groups is 2. The number of rotatable bonds is 32. The first kappa shape index (κ1) is 52.3. The molecule has 1 fully saturated rings. The number of ether oxygens (including phenoxy) is 2. The third kappa shape index (κ3) is 28.4. The van der Waals surface area contributed by atoms with Crippen LogP contribution >= 0.6 is 7.82 Å². The third-order valence-corrected chi connectivity index (χ3v) is 10.3. The van der Waals surface area contributed by atoms with Gasteiger partial charge >= 0.3 is 11.9 Å². The van der Waals surface area contributed by atoms with Gasteiger partial charge < -0.3 is 43.2 Å². The van der Waals surface area contributed by atoms with E-state index in [0.29, 0.717) is 30.3 Å². The second kappa shape index (κ2) is 31.3. The van der Waals surface area contributed by atoms with Crippen molar-refractivity contribution in [3.63, 3.8) is 0 Å². The van der Waals surface area contributed by atoms with Crippen molar-refractivity contribution in [1.82, 2.24) is 0 Å². The summed E-state index contributed by atoms with van der Waals surface area (Å²) < 4.78 is 33.7. The lowest BCUT2D eigenvalue weighted by molar-refractivity contribution is -0.870. The van der Waals surface area contributed by atoms with E-state index in [9.17, 15) is 34.4 Å². The highest BCUT2D eigenvalue weighted by molar-refractivity contribution is 7.45. The highest BCUT2D eigenvalue weighted by atomic mass is 31.2. The largest absolute Gasteiger partial charge is 0.756 e. The lowest BCUT2D eigenvalue weighted by atomic mass is 9.89. The zero-order valence-electron chi connectivity index (χ0n) is 35.3. The molecular formula is C44H74NO11P. The molecule has 0 amide bonds. The first-order chi connectivity index (χ1) is 27.2. The van der Waals surface area contributed by atoms with E-state index < -0.39 is 57.4 Å². The minimum atomic E-state index is -4.72. The van der Waals surface area contributed by atoms with Crippen LogP contribution in [0.2, 0.25) is 0 Å². The normalized spacial score (nSPS) is 21.5. The Bertz CT molecular complexity index is 1320. The van der Waals surface area contributed by atoms with Crippen LogP contribution in [0.4, 0.5) is 0 Å². The first-order valence-corrected chi connectivity index (χ1v) is 22.4. The smallest absolute Gasteiger partial charge is 0.309 e. The van der Waals surface area contributed by atoms with E-state index in [2.05, 4.69) is 62.5 Å². The van der Waals surface area contributed by atoms with Crippen LogP contribution < -0.4 is 4.89 Å². The summed E-state index contributed by atoms with van der Waals surface area (Å²) in [5.74, 6) is -1.81. The lowest BCUT2D eigenvalue weighted by Gasteiger charge is -2.28. The molecule has 1 aliphatic carbocycles. The van der Waals surface area contributed by atoms with E-state index in [1.807, 2.05) is 21.1 Å². The molecule has 0 aromatic rings. The number of nitrogens with zero attached hydrogens (tertiary/aromatic N) is 1. The predicted molar refractivity (Wildman–Crippen MR) is 224 cm³/mol. The molecule has 7 atom stereocenters. The van der Waals surface area contributed by atoms with Crippen molar-refractivity contribution in [2.45, 2.75) is 135 Å². The van der Waals surface area contributed by atoms with Crippen LogP contribution in [0, 0.1) is 11.8 Å². The molecule has 0 saturated heterocycles. The maximum atomic E-state index is 12.7. The summed E-state index contributed by atoms with van der Waals surface area (Å²) in [6.07, 6.45) is 30.7. The number of likely N-dealkylation sites (N-methyl/N-ethyl adjacent to an activating group) is 1. The Kier molecular flexibility index (Phi) is 28.7. The van der Waals surface area contributed by atoms with Crippen LogP contribution in [-0.2, 0) is 32.7 Å². The maximum Gasteiger partial charge on any atom is 0.309 e. The molecule has 0 aliphatic heterocycles. The third-order valence-electron chi connectivity index (χ3n) is 9.31. The van der Waals surface area contributed by atoms with Crippen LogP contribution in [-0.4, -0.2) is 104 Å². The quantitative estimate of drug-likeness (QED) is 0.0206. The second-order valence-electron chi connectivity index (χ2n) is 15.6.